The number of aromatic nitrogens is 5. The number of Topliss-reactive ketones (excluding diaryl/α,β-unsaturated/α-hetero) is 1. The van der Waals surface area contributed by atoms with Crippen LogP contribution in [0.4, 0.5) is 0 Å². The number of nitrogens with zero attached hydrogens (tertiary/aromatic N) is 6. The van der Waals surface area contributed by atoms with Crippen LogP contribution in [0.5, 0.6) is 5.75 Å². The first-order valence-electron chi connectivity index (χ1n) is 15.8. The van der Waals surface area contributed by atoms with Crippen molar-refractivity contribution in [2.75, 3.05) is 13.1 Å². The molecular formula is C35H36ClN7O5. The van der Waals surface area contributed by atoms with E-state index in [4.69, 9.17) is 21.3 Å². The number of ether oxygens (including phenoxy) is 1. The van der Waals surface area contributed by atoms with Crippen LogP contribution in [0, 0.1) is 0 Å². The minimum atomic E-state index is -1.53. The molecule has 2 aromatic heterocycles. The van der Waals surface area contributed by atoms with Crippen LogP contribution in [-0.2, 0) is 24.4 Å². The first-order valence-corrected chi connectivity index (χ1v) is 16.1. The van der Waals surface area contributed by atoms with Crippen LogP contribution >= 0.6 is 11.6 Å². The third kappa shape index (κ3) is 7.30. The fraction of sp³-hybridized carbons (Fsp3) is 0.314. The zero-order valence-corrected chi connectivity index (χ0v) is 27.4. The van der Waals surface area contributed by atoms with Crippen LogP contribution in [0.3, 0.4) is 0 Å². The van der Waals surface area contributed by atoms with Gasteiger partial charge in [-0.3, -0.25) is 23.9 Å². The highest BCUT2D eigenvalue weighted by Crippen LogP contribution is 2.29. The topological polar surface area (TPSA) is 144 Å². The van der Waals surface area contributed by atoms with Gasteiger partial charge in [0.1, 0.15) is 23.7 Å². The lowest BCUT2D eigenvalue weighted by Gasteiger charge is -2.37. The molecule has 5 aromatic rings. The molecule has 0 spiro atoms. The maximum Gasteiger partial charge on any atom is 0.266 e. The summed E-state index contributed by atoms with van der Waals surface area (Å²) < 4.78 is 7.64. The molecule has 12 nitrogen and oxygen atoms in total. The number of benzene rings is 3. The number of aliphatic hydroxyl groups is 1. The Labute approximate surface area is 281 Å². The maximum atomic E-state index is 14.2. The summed E-state index contributed by atoms with van der Waals surface area (Å²) in [4.78, 5) is 48.8. The summed E-state index contributed by atoms with van der Waals surface area (Å²) in [6.07, 6.45) is 3.19. The van der Waals surface area contributed by atoms with Gasteiger partial charge in [0.15, 0.2) is 5.78 Å². The molecule has 1 saturated heterocycles. The number of ketones is 1. The number of carbonyl (C=O) groups excluding carboxylic acids is 2. The first kappa shape index (κ1) is 33.0. The Bertz CT molecular complexity index is 1990. The zero-order valence-electron chi connectivity index (χ0n) is 26.7. The van der Waals surface area contributed by atoms with Gasteiger partial charge >= 0.3 is 0 Å². The number of amides is 1. The highest BCUT2D eigenvalue weighted by Gasteiger charge is 2.39. The van der Waals surface area contributed by atoms with Crippen molar-refractivity contribution in [1.29, 1.82) is 0 Å². The van der Waals surface area contributed by atoms with Crippen molar-refractivity contribution >= 4 is 34.2 Å². The molecule has 1 aliphatic rings. The van der Waals surface area contributed by atoms with Crippen LogP contribution in [-0.4, -0.2) is 71.0 Å². The SMILES string of the molecule is CC(C)Oc1ccc(C(=O)Cn2nccn2)cc1-n1c(CN2CCC(O)(C(=O)NCc3ccc(Cl)cc3)CC2)nc2ccccc2c1=O. The molecule has 0 atom stereocenters. The molecule has 0 bridgehead atoms. The summed E-state index contributed by atoms with van der Waals surface area (Å²) in [5.74, 6) is 0.185. The second-order valence-corrected chi connectivity index (χ2v) is 12.6. The molecule has 248 valence electrons. The number of rotatable bonds is 11. The van der Waals surface area contributed by atoms with E-state index in [-0.39, 0.29) is 49.9 Å². The van der Waals surface area contributed by atoms with Gasteiger partial charge in [-0.1, -0.05) is 35.9 Å². The molecule has 1 amide bonds. The van der Waals surface area contributed by atoms with E-state index in [1.807, 2.05) is 32.0 Å². The molecular weight excluding hydrogens is 634 g/mol. The van der Waals surface area contributed by atoms with Gasteiger partial charge in [0.2, 0.25) is 0 Å². The van der Waals surface area contributed by atoms with Crippen molar-refractivity contribution < 1.29 is 19.4 Å². The van der Waals surface area contributed by atoms with Gasteiger partial charge in [0.05, 0.1) is 41.6 Å². The smallest absolute Gasteiger partial charge is 0.266 e. The fourth-order valence-corrected chi connectivity index (χ4v) is 5.88. The molecule has 0 unspecified atom stereocenters. The summed E-state index contributed by atoms with van der Waals surface area (Å²) >= 11 is 5.96. The first-order chi connectivity index (χ1) is 23.1. The highest BCUT2D eigenvalue weighted by atomic mass is 35.5. The van der Waals surface area contributed by atoms with E-state index < -0.39 is 11.5 Å². The monoisotopic (exact) mass is 669 g/mol. The Morgan fingerprint density at radius 2 is 1.73 bits per heavy atom. The number of piperidine rings is 1. The third-order valence-corrected chi connectivity index (χ3v) is 8.57. The van der Waals surface area contributed by atoms with Crippen LogP contribution in [0.2, 0.25) is 5.02 Å². The van der Waals surface area contributed by atoms with Gasteiger partial charge in [-0.05, 0) is 74.7 Å². The van der Waals surface area contributed by atoms with Gasteiger partial charge in [-0.2, -0.15) is 15.0 Å². The molecule has 1 aliphatic heterocycles. The van der Waals surface area contributed by atoms with Crippen molar-refractivity contribution in [3.8, 4) is 11.4 Å². The van der Waals surface area contributed by atoms with Gasteiger partial charge in [-0.25, -0.2) is 4.98 Å². The van der Waals surface area contributed by atoms with E-state index in [0.717, 1.165) is 5.56 Å². The number of likely N-dealkylation sites (tertiary alicyclic amines) is 1. The largest absolute Gasteiger partial charge is 0.489 e. The fourth-order valence-electron chi connectivity index (χ4n) is 5.75. The number of nitrogens with one attached hydrogen (secondary N) is 1. The van der Waals surface area contributed by atoms with Crippen molar-refractivity contribution in [3.05, 3.63) is 111 Å². The predicted molar refractivity (Wildman–Crippen MR) is 180 cm³/mol. The molecule has 0 radical (unpaired) electrons. The molecule has 0 saturated carbocycles. The minimum Gasteiger partial charge on any atom is -0.489 e. The van der Waals surface area contributed by atoms with E-state index in [0.29, 0.717) is 51.8 Å². The average Bonchev–Trinajstić information content (AvgIpc) is 3.59. The summed E-state index contributed by atoms with van der Waals surface area (Å²) in [6.45, 7) is 4.99. The molecule has 48 heavy (non-hydrogen) atoms. The highest BCUT2D eigenvalue weighted by molar-refractivity contribution is 6.30. The summed E-state index contributed by atoms with van der Waals surface area (Å²) in [6, 6.07) is 19.3. The van der Waals surface area contributed by atoms with E-state index >= 15 is 0 Å². The number of hydrogen-bond acceptors (Lipinski definition) is 9. The molecule has 3 heterocycles. The normalized spacial score (nSPS) is 14.7. The van der Waals surface area contributed by atoms with E-state index in [1.165, 1.54) is 21.8 Å². The maximum absolute atomic E-state index is 14.2. The van der Waals surface area contributed by atoms with Gasteiger partial charge in [0, 0.05) is 30.2 Å². The van der Waals surface area contributed by atoms with Crippen molar-refractivity contribution in [2.45, 2.75) is 58.0 Å². The third-order valence-electron chi connectivity index (χ3n) is 8.32. The van der Waals surface area contributed by atoms with Crippen LogP contribution in [0.1, 0.15) is 48.4 Å². The van der Waals surface area contributed by atoms with Crippen molar-refractivity contribution in [2.24, 2.45) is 0 Å². The van der Waals surface area contributed by atoms with E-state index in [9.17, 15) is 19.5 Å². The lowest BCUT2D eigenvalue weighted by Crippen LogP contribution is -2.53. The standard InChI is InChI=1S/C35H36ClN7O5/c1-23(2)48-31-12-9-25(30(44)21-42-38-15-16-39-42)19-29(31)43-32(40-28-6-4-3-5-27(28)33(43)45)22-41-17-13-35(47,14-18-41)34(46)37-20-24-7-10-26(36)11-8-24/h3-12,15-16,19,23,47H,13-14,17-18,20-22H2,1-2H3,(H,37,46). The Kier molecular flexibility index (Phi) is 9.67. The Hall–Kier alpha value is -4.91. The number of fused-ring (bicyclic) bond motifs is 1. The quantitative estimate of drug-likeness (QED) is 0.200. The summed E-state index contributed by atoms with van der Waals surface area (Å²) in [5.41, 5.74) is 0.312. The summed E-state index contributed by atoms with van der Waals surface area (Å²) in [7, 11) is 0. The zero-order chi connectivity index (χ0) is 33.8. The molecule has 1 fully saturated rings. The second-order valence-electron chi connectivity index (χ2n) is 12.1. The molecule has 6 rings (SSSR count). The number of carbonyl (C=O) groups is 2. The molecule has 13 heteroatoms. The Balaban J connectivity index is 1.29. The molecule has 2 N–H and O–H groups in total. The molecule has 3 aromatic carbocycles. The number of hydrogen-bond donors (Lipinski definition) is 2. The predicted octanol–water partition coefficient (Wildman–Crippen LogP) is 3.94. The lowest BCUT2D eigenvalue weighted by molar-refractivity contribution is -0.145. The van der Waals surface area contributed by atoms with Crippen molar-refractivity contribution in [1.82, 2.24) is 34.8 Å². The van der Waals surface area contributed by atoms with Gasteiger partial charge in [0.25, 0.3) is 11.5 Å². The Morgan fingerprint density at radius 3 is 2.44 bits per heavy atom. The summed E-state index contributed by atoms with van der Waals surface area (Å²) in [5, 5.41) is 23.2. The van der Waals surface area contributed by atoms with Gasteiger partial charge in [-0.15, -0.1) is 0 Å². The Morgan fingerprint density at radius 1 is 1.02 bits per heavy atom. The average molecular weight is 670 g/mol. The van der Waals surface area contributed by atoms with Crippen LogP contribution < -0.4 is 15.6 Å². The number of halogens is 1. The molecule has 0 aliphatic carbocycles. The number of para-hydroxylation sites is 1. The lowest BCUT2D eigenvalue weighted by atomic mass is 9.90. The van der Waals surface area contributed by atoms with Crippen LogP contribution in [0.25, 0.3) is 16.6 Å². The van der Waals surface area contributed by atoms with Gasteiger partial charge < -0.3 is 15.2 Å². The van der Waals surface area contributed by atoms with Crippen LogP contribution in [0.15, 0.2) is 83.9 Å². The van der Waals surface area contributed by atoms with E-state index in [1.54, 1.807) is 48.5 Å². The van der Waals surface area contributed by atoms with Crippen molar-refractivity contribution in [3.63, 3.8) is 0 Å². The minimum absolute atomic E-state index is 0.0709. The second kappa shape index (κ2) is 14.1. The van der Waals surface area contributed by atoms with E-state index in [2.05, 4.69) is 20.4 Å².